The van der Waals surface area contributed by atoms with E-state index in [1.54, 1.807) is 43.3 Å². The van der Waals surface area contributed by atoms with Crippen LogP contribution in [0.1, 0.15) is 29.6 Å². The predicted molar refractivity (Wildman–Crippen MR) is 118 cm³/mol. The number of methoxy groups -OCH3 is 2. The summed E-state index contributed by atoms with van der Waals surface area (Å²) in [5, 5.41) is 0. The molecule has 2 aromatic carbocycles. The number of likely N-dealkylation sites (N-methyl/N-ethyl adjacent to an activating group) is 1. The molecule has 1 aliphatic rings. The fourth-order valence-corrected chi connectivity index (χ4v) is 3.94. The van der Waals surface area contributed by atoms with Crippen LogP contribution >= 0.6 is 0 Å². The van der Waals surface area contributed by atoms with E-state index in [0.29, 0.717) is 36.4 Å². The lowest BCUT2D eigenvalue weighted by atomic mass is 9.97. The highest BCUT2D eigenvalue weighted by Crippen LogP contribution is 2.32. The second kappa shape index (κ2) is 10.4. The molecule has 0 saturated carbocycles. The molecule has 0 N–H and O–H groups in total. The van der Waals surface area contributed by atoms with Crippen LogP contribution in [0.5, 0.6) is 0 Å². The van der Waals surface area contributed by atoms with Gasteiger partial charge in [-0.25, -0.2) is 9.18 Å². The van der Waals surface area contributed by atoms with Crippen molar-refractivity contribution in [1.29, 1.82) is 0 Å². The van der Waals surface area contributed by atoms with Crippen molar-refractivity contribution in [2.24, 2.45) is 0 Å². The van der Waals surface area contributed by atoms with Gasteiger partial charge in [0.1, 0.15) is 11.9 Å². The molecule has 1 unspecified atom stereocenters. The molecular formula is C24H29FN2O4. The van der Waals surface area contributed by atoms with Gasteiger partial charge < -0.3 is 19.3 Å². The van der Waals surface area contributed by atoms with E-state index in [4.69, 9.17) is 9.47 Å². The van der Waals surface area contributed by atoms with Crippen LogP contribution in [0.3, 0.4) is 0 Å². The summed E-state index contributed by atoms with van der Waals surface area (Å²) < 4.78 is 23.9. The number of halogens is 1. The largest absolute Gasteiger partial charge is 0.465 e. The number of esters is 1. The maximum Gasteiger partial charge on any atom is 0.337 e. The predicted octanol–water partition coefficient (Wildman–Crippen LogP) is 3.74. The summed E-state index contributed by atoms with van der Waals surface area (Å²) in [5.74, 6) is -0.808. The number of nitrogens with zero attached hydrogens (tertiary/aromatic N) is 2. The molecule has 2 aromatic rings. The van der Waals surface area contributed by atoms with Crippen LogP contribution in [-0.2, 0) is 14.3 Å². The number of piperidine rings is 1. The number of ether oxygens (including phenoxy) is 2. The summed E-state index contributed by atoms with van der Waals surface area (Å²) in [6.45, 7) is 1.68. The molecule has 3 rings (SSSR count). The van der Waals surface area contributed by atoms with E-state index in [1.807, 2.05) is 11.0 Å². The van der Waals surface area contributed by atoms with Crippen molar-refractivity contribution in [1.82, 2.24) is 4.90 Å². The average Bonchev–Trinajstić information content (AvgIpc) is 2.81. The van der Waals surface area contributed by atoms with Crippen LogP contribution in [0.2, 0.25) is 0 Å². The monoisotopic (exact) mass is 428 g/mol. The molecule has 0 aliphatic carbocycles. The van der Waals surface area contributed by atoms with E-state index < -0.39 is 5.97 Å². The second-order valence-electron chi connectivity index (χ2n) is 7.73. The first-order valence-corrected chi connectivity index (χ1v) is 10.4. The Kier molecular flexibility index (Phi) is 7.63. The maximum atomic E-state index is 13.8. The molecule has 1 fully saturated rings. The highest BCUT2D eigenvalue weighted by Gasteiger charge is 2.31. The zero-order valence-corrected chi connectivity index (χ0v) is 18.3. The first kappa shape index (κ1) is 22.7. The zero-order valence-electron chi connectivity index (χ0n) is 18.3. The molecule has 31 heavy (non-hydrogen) atoms. The highest BCUT2D eigenvalue weighted by molar-refractivity contribution is 5.93. The van der Waals surface area contributed by atoms with Crippen LogP contribution in [0.4, 0.5) is 10.1 Å². The molecule has 0 bridgehead atoms. The molecule has 1 heterocycles. The van der Waals surface area contributed by atoms with Crippen LogP contribution in [0, 0.1) is 5.82 Å². The number of anilines is 1. The van der Waals surface area contributed by atoms with E-state index in [-0.39, 0.29) is 17.8 Å². The van der Waals surface area contributed by atoms with Gasteiger partial charge >= 0.3 is 5.97 Å². The molecule has 1 aliphatic heterocycles. The van der Waals surface area contributed by atoms with Crippen LogP contribution in [0.25, 0.3) is 11.1 Å². The summed E-state index contributed by atoms with van der Waals surface area (Å²) in [6, 6.07) is 11.2. The molecule has 1 amide bonds. The van der Waals surface area contributed by atoms with Crippen LogP contribution in [0.15, 0.2) is 42.5 Å². The van der Waals surface area contributed by atoms with E-state index in [1.165, 1.54) is 19.2 Å². The lowest BCUT2D eigenvalue weighted by Gasteiger charge is -2.38. The van der Waals surface area contributed by atoms with Crippen LogP contribution in [-0.4, -0.2) is 63.8 Å². The lowest BCUT2D eigenvalue weighted by molar-refractivity contribution is -0.132. The van der Waals surface area contributed by atoms with Crippen molar-refractivity contribution >= 4 is 17.6 Å². The minimum Gasteiger partial charge on any atom is -0.465 e. The second-order valence-corrected chi connectivity index (χ2v) is 7.73. The molecule has 166 valence electrons. The average molecular weight is 429 g/mol. The number of carbonyl (C=O) groups is 2. The third-order valence-corrected chi connectivity index (χ3v) is 5.62. The minimum atomic E-state index is -0.475. The first-order valence-electron chi connectivity index (χ1n) is 10.4. The van der Waals surface area contributed by atoms with Crippen molar-refractivity contribution in [3.05, 3.63) is 53.8 Å². The fraction of sp³-hybridized carbons (Fsp3) is 0.417. The third kappa shape index (κ3) is 5.41. The number of carbonyl (C=O) groups excluding carboxylic acids is 2. The van der Waals surface area contributed by atoms with E-state index in [9.17, 15) is 14.0 Å². The van der Waals surface area contributed by atoms with Gasteiger partial charge in [0.15, 0.2) is 0 Å². The summed E-state index contributed by atoms with van der Waals surface area (Å²) in [7, 11) is 4.71. The summed E-state index contributed by atoms with van der Waals surface area (Å²) in [4.78, 5) is 29.2. The molecule has 7 heteroatoms. The van der Waals surface area contributed by atoms with Gasteiger partial charge in [-0.1, -0.05) is 12.1 Å². The SMILES string of the molecule is COCCN(C)C(=O)C1CCCCN1c1cc(C(=O)OC)cc(-c2cccc(F)c2)c1. The number of hydrogen-bond donors (Lipinski definition) is 0. The number of rotatable bonds is 7. The van der Waals surface area contributed by atoms with Crippen molar-refractivity contribution in [3.63, 3.8) is 0 Å². The Bertz CT molecular complexity index is 934. The van der Waals surface area contributed by atoms with Gasteiger partial charge in [0.2, 0.25) is 5.91 Å². The van der Waals surface area contributed by atoms with Crippen molar-refractivity contribution in [2.75, 3.05) is 45.9 Å². The van der Waals surface area contributed by atoms with Gasteiger partial charge in [-0.3, -0.25) is 4.79 Å². The zero-order chi connectivity index (χ0) is 22.4. The Morgan fingerprint density at radius 2 is 1.94 bits per heavy atom. The van der Waals surface area contributed by atoms with E-state index in [0.717, 1.165) is 24.9 Å². The van der Waals surface area contributed by atoms with E-state index >= 15 is 0 Å². The van der Waals surface area contributed by atoms with Gasteiger partial charge in [0, 0.05) is 32.9 Å². The Balaban J connectivity index is 2.01. The van der Waals surface area contributed by atoms with Crippen molar-refractivity contribution < 1.29 is 23.5 Å². The lowest BCUT2D eigenvalue weighted by Crippen LogP contribution is -2.50. The molecule has 0 aromatic heterocycles. The quantitative estimate of drug-likeness (QED) is 0.629. The summed E-state index contributed by atoms with van der Waals surface area (Å²) in [6.07, 6.45) is 2.63. The molecule has 1 saturated heterocycles. The molecule has 0 spiro atoms. The van der Waals surface area contributed by atoms with Gasteiger partial charge in [-0.05, 0) is 60.7 Å². The molecule has 1 atom stereocenters. The van der Waals surface area contributed by atoms with Gasteiger partial charge in [-0.2, -0.15) is 0 Å². The van der Waals surface area contributed by atoms with Gasteiger partial charge in [0.05, 0.1) is 19.3 Å². The van der Waals surface area contributed by atoms with Crippen LogP contribution < -0.4 is 4.90 Å². The number of benzene rings is 2. The highest BCUT2D eigenvalue weighted by atomic mass is 19.1. The molecular weight excluding hydrogens is 399 g/mol. The number of hydrogen-bond acceptors (Lipinski definition) is 5. The normalized spacial score (nSPS) is 16.1. The summed E-state index contributed by atoms with van der Waals surface area (Å²) >= 11 is 0. The number of amides is 1. The van der Waals surface area contributed by atoms with E-state index in [2.05, 4.69) is 0 Å². The first-order chi connectivity index (χ1) is 14.9. The minimum absolute atomic E-state index is 0.0209. The Morgan fingerprint density at radius 1 is 1.13 bits per heavy atom. The van der Waals surface area contributed by atoms with Gasteiger partial charge in [-0.15, -0.1) is 0 Å². The molecule has 0 radical (unpaired) electrons. The smallest absolute Gasteiger partial charge is 0.337 e. The Hall–Kier alpha value is -2.93. The molecule has 6 nitrogen and oxygen atoms in total. The van der Waals surface area contributed by atoms with Crippen molar-refractivity contribution in [2.45, 2.75) is 25.3 Å². The maximum absolute atomic E-state index is 13.8. The Labute approximate surface area is 182 Å². The van der Waals surface area contributed by atoms with Crippen molar-refractivity contribution in [3.8, 4) is 11.1 Å². The Morgan fingerprint density at radius 3 is 2.65 bits per heavy atom. The standard InChI is InChI=1S/C24H29FN2O4/c1-26(11-12-30-2)23(28)22-9-4-5-10-27(22)21-15-18(13-19(16-21)24(29)31-3)17-7-6-8-20(25)14-17/h6-8,13-16,22H,4-5,9-12H2,1-3H3. The summed E-state index contributed by atoms with van der Waals surface area (Å²) in [5.41, 5.74) is 2.47. The fourth-order valence-electron chi connectivity index (χ4n) is 3.94. The topological polar surface area (TPSA) is 59.1 Å². The van der Waals surface area contributed by atoms with Gasteiger partial charge in [0.25, 0.3) is 0 Å². The third-order valence-electron chi connectivity index (χ3n) is 5.62.